The molecule has 0 radical (unpaired) electrons. The van der Waals surface area contributed by atoms with E-state index >= 15 is 0 Å². The number of aliphatic hydroxyl groups is 2. The minimum absolute atomic E-state index is 0.0598. The van der Waals surface area contributed by atoms with Crippen LogP contribution in [0.3, 0.4) is 0 Å². The highest BCUT2D eigenvalue weighted by molar-refractivity contribution is 7.47. The van der Waals surface area contributed by atoms with Gasteiger partial charge in [-0.2, -0.15) is 0 Å². The zero-order valence-corrected chi connectivity index (χ0v) is 32.0. The maximum absolute atomic E-state index is 12.8. The SMILES string of the molecule is CCCCCC/C=C\CCCCCCCC(O)CC(=O)NC(COP(=O)(O)OCCN)C(O)CCCCCCCCCCCCCCC. The first-order valence-corrected chi connectivity index (χ1v) is 21.4. The van der Waals surface area contributed by atoms with Gasteiger partial charge in [-0.3, -0.25) is 13.8 Å². The van der Waals surface area contributed by atoms with Gasteiger partial charge in [0, 0.05) is 6.54 Å². The Labute approximate surface area is 295 Å². The molecule has 9 nitrogen and oxygen atoms in total. The third-order valence-corrected chi connectivity index (χ3v) is 9.91. The first-order valence-electron chi connectivity index (χ1n) is 19.9. The molecule has 0 aliphatic rings. The van der Waals surface area contributed by atoms with E-state index in [4.69, 9.17) is 14.8 Å². The van der Waals surface area contributed by atoms with Crippen LogP contribution in [-0.2, 0) is 18.4 Å². The van der Waals surface area contributed by atoms with E-state index < -0.39 is 32.0 Å². The number of hydrogen-bond acceptors (Lipinski definition) is 7. The number of allylic oxidation sites excluding steroid dienone is 2. The molecule has 10 heteroatoms. The Kier molecular flexibility index (Phi) is 34.1. The molecule has 0 spiro atoms. The first-order chi connectivity index (χ1) is 23.3. The summed E-state index contributed by atoms with van der Waals surface area (Å²) in [5, 5.41) is 24.1. The summed E-state index contributed by atoms with van der Waals surface area (Å²) in [6.07, 6.45) is 32.5. The third kappa shape index (κ3) is 32.4. The van der Waals surface area contributed by atoms with Gasteiger partial charge in [-0.1, -0.05) is 154 Å². The third-order valence-electron chi connectivity index (χ3n) is 8.92. The molecule has 286 valence electrons. The van der Waals surface area contributed by atoms with Crippen LogP contribution in [-0.4, -0.2) is 59.0 Å². The van der Waals surface area contributed by atoms with Crippen molar-refractivity contribution in [3.8, 4) is 0 Å². The Morgan fingerprint density at radius 1 is 0.688 bits per heavy atom. The van der Waals surface area contributed by atoms with Crippen LogP contribution < -0.4 is 11.1 Å². The number of nitrogens with two attached hydrogens (primary N) is 1. The van der Waals surface area contributed by atoms with Gasteiger partial charge < -0.3 is 26.2 Å². The van der Waals surface area contributed by atoms with E-state index in [2.05, 4.69) is 31.3 Å². The summed E-state index contributed by atoms with van der Waals surface area (Å²) in [6.45, 7) is 4.01. The van der Waals surface area contributed by atoms with Gasteiger partial charge in [0.25, 0.3) is 0 Å². The second kappa shape index (κ2) is 34.6. The lowest BCUT2D eigenvalue weighted by atomic mass is 10.0. The van der Waals surface area contributed by atoms with Crippen LogP contribution in [0.5, 0.6) is 0 Å². The van der Waals surface area contributed by atoms with Gasteiger partial charge >= 0.3 is 7.82 Å². The molecule has 0 aliphatic heterocycles. The van der Waals surface area contributed by atoms with Crippen LogP contribution in [0.1, 0.15) is 187 Å². The van der Waals surface area contributed by atoms with E-state index in [0.717, 1.165) is 44.9 Å². The second-order valence-electron chi connectivity index (χ2n) is 13.7. The Bertz CT molecular complexity index is 786. The largest absolute Gasteiger partial charge is 0.472 e. The number of nitrogens with one attached hydrogen (secondary N) is 1. The van der Waals surface area contributed by atoms with E-state index in [1.165, 1.54) is 109 Å². The summed E-state index contributed by atoms with van der Waals surface area (Å²) in [5.74, 6) is -0.419. The zero-order chi connectivity index (χ0) is 35.6. The van der Waals surface area contributed by atoms with Gasteiger partial charge in [0.05, 0.1) is 37.9 Å². The number of phosphoric ester groups is 1. The van der Waals surface area contributed by atoms with Crippen LogP contribution in [0.15, 0.2) is 12.2 Å². The van der Waals surface area contributed by atoms with Crippen molar-refractivity contribution in [1.29, 1.82) is 0 Å². The minimum atomic E-state index is -4.37. The zero-order valence-electron chi connectivity index (χ0n) is 31.1. The molecule has 4 atom stereocenters. The van der Waals surface area contributed by atoms with Crippen molar-refractivity contribution in [1.82, 2.24) is 5.32 Å². The van der Waals surface area contributed by atoms with Gasteiger partial charge in [-0.05, 0) is 38.5 Å². The summed E-state index contributed by atoms with van der Waals surface area (Å²) in [7, 11) is -4.37. The minimum Gasteiger partial charge on any atom is -0.393 e. The molecule has 0 saturated carbocycles. The molecule has 0 bridgehead atoms. The highest BCUT2D eigenvalue weighted by Gasteiger charge is 2.28. The Morgan fingerprint density at radius 2 is 1.12 bits per heavy atom. The van der Waals surface area contributed by atoms with Crippen molar-refractivity contribution < 1.29 is 33.5 Å². The standard InChI is InChI=1S/C38H77N2O7P/c1-3-5-7-9-11-13-15-17-19-21-23-25-27-29-35(41)33-38(43)40-36(34-47-48(44,45)46-32-31-39)37(42)30-28-26-24-22-20-18-16-14-12-10-8-6-4-2/h13,15,35-37,41-42H,3-12,14,16-34,39H2,1-2H3,(H,40,43)(H,44,45)/b15-13-. The predicted octanol–water partition coefficient (Wildman–Crippen LogP) is 9.41. The lowest BCUT2D eigenvalue weighted by Crippen LogP contribution is -2.47. The Balaban J connectivity index is 4.35. The molecule has 0 fully saturated rings. The summed E-state index contributed by atoms with van der Waals surface area (Å²) < 4.78 is 22.1. The van der Waals surface area contributed by atoms with Crippen molar-refractivity contribution in [3.63, 3.8) is 0 Å². The Hall–Kier alpha value is -0.800. The highest BCUT2D eigenvalue weighted by Crippen LogP contribution is 2.43. The summed E-state index contributed by atoms with van der Waals surface area (Å²) >= 11 is 0. The molecule has 0 aliphatic carbocycles. The molecule has 0 heterocycles. The molecule has 0 saturated heterocycles. The van der Waals surface area contributed by atoms with Crippen molar-refractivity contribution in [2.75, 3.05) is 19.8 Å². The lowest BCUT2D eigenvalue weighted by Gasteiger charge is -2.25. The van der Waals surface area contributed by atoms with Gasteiger partial charge in [-0.15, -0.1) is 0 Å². The van der Waals surface area contributed by atoms with Gasteiger partial charge in [0.1, 0.15) is 0 Å². The molecular weight excluding hydrogens is 627 g/mol. The normalized spacial score (nSPS) is 15.0. The number of rotatable bonds is 37. The molecule has 1 amide bonds. The van der Waals surface area contributed by atoms with E-state index in [9.17, 15) is 24.5 Å². The monoisotopic (exact) mass is 705 g/mol. The molecule has 0 aromatic carbocycles. The van der Waals surface area contributed by atoms with Crippen LogP contribution in [0.4, 0.5) is 0 Å². The molecule has 48 heavy (non-hydrogen) atoms. The quantitative estimate of drug-likeness (QED) is 0.0244. The Morgan fingerprint density at radius 3 is 1.62 bits per heavy atom. The number of carbonyl (C=O) groups excluding carboxylic acids is 1. The summed E-state index contributed by atoms with van der Waals surface area (Å²) in [5.41, 5.74) is 5.35. The number of aliphatic hydroxyl groups excluding tert-OH is 2. The molecule has 4 unspecified atom stereocenters. The molecule has 0 rings (SSSR count). The first kappa shape index (κ1) is 47.2. The van der Waals surface area contributed by atoms with Gasteiger partial charge in [0.2, 0.25) is 5.91 Å². The van der Waals surface area contributed by atoms with E-state index in [1.807, 2.05) is 0 Å². The lowest BCUT2D eigenvalue weighted by molar-refractivity contribution is -0.125. The summed E-state index contributed by atoms with van der Waals surface area (Å²) in [6, 6.07) is -0.894. The summed E-state index contributed by atoms with van der Waals surface area (Å²) in [4.78, 5) is 22.7. The predicted molar refractivity (Wildman–Crippen MR) is 200 cm³/mol. The van der Waals surface area contributed by atoms with Crippen LogP contribution in [0.25, 0.3) is 0 Å². The molecular formula is C38H77N2O7P. The van der Waals surface area contributed by atoms with Crippen LogP contribution in [0.2, 0.25) is 0 Å². The average molecular weight is 705 g/mol. The maximum Gasteiger partial charge on any atom is 0.472 e. The molecule has 0 aromatic rings. The smallest absolute Gasteiger partial charge is 0.393 e. The maximum atomic E-state index is 12.8. The second-order valence-corrected chi connectivity index (χ2v) is 15.1. The topological polar surface area (TPSA) is 151 Å². The van der Waals surface area contributed by atoms with Crippen molar-refractivity contribution in [3.05, 3.63) is 12.2 Å². The van der Waals surface area contributed by atoms with Crippen LogP contribution >= 0.6 is 7.82 Å². The van der Waals surface area contributed by atoms with Gasteiger partial charge in [0.15, 0.2) is 0 Å². The van der Waals surface area contributed by atoms with Crippen molar-refractivity contribution in [2.45, 2.75) is 205 Å². The number of unbranched alkanes of at least 4 members (excludes halogenated alkanes) is 21. The number of carbonyl (C=O) groups is 1. The highest BCUT2D eigenvalue weighted by atomic mass is 31.2. The van der Waals surface area contributed by atoms with Gasteiger partial charge in [-0.25, -0.2) is 4.57 Å². The van der Waals surface area contributed by atoms with Crippen molar-refractivity contribution >= 4 is 13.7 Å². The fraction of sp³-hybridized carbons (Fsp3) is 0.921. The van der Waals surface area contributed by atoms with E-state index in [1.54, 1.807) is 0 Å². The fourth-order valence-corrected chi connectivity index (χ4v) is 6.64. The molecule has 6 N–H and O–H groups in total. The number of hydrogen-bond donors (Lipinski definition) is 5. The number of phosphoric acid groups is 1. The number of amides is 1. The average Bonchev–Trinajstić information content (AvgIpc) is 3.06. The van der Waals surface area contributed by atoms with Crippen LogP contribution in [0, 0.1) is 0 Å². The van der Waals surface area contributed by atoms with Crippen molar-refractivity contribution in [2.24, 2.45) is 5.73 Å². The van der Waals surface area contributed by atoms with E-state index in [-0.39, 0.29) is 26.2 Å². The molecule has 0 aromatic heterocycles. The fourth-order valence-electron chi connectivity index (χ4n) is 5.88. The van der Waals surface area contributed by atoms with E-state index in [0.29, 0.717) is 12.8 Å².